The fourth-order valence-corrected chi connectivity index (χ4v) is 2.06. The molecule has 19 heavy (non-hydrogen) atoms. The number of rotatable bonds is 1. The fourth-order valence-electron chi connectivity index (χ4n) is 2.06. The molecule has 0 fully saturated rings. The van der Waals surface area contributed by atoms with Gasteiger partial charge in [-0.3, -0.25) is 0 Å². The van der Waals surface area contributed by atoms with Crippen molar-refractivity contribution in [1.82, 2.24) is 0 Å². The molecule has 3 rings (SSSR count). The summed E-state index contributed by atoms with van der Waals surface area (Å²) >= 11 is 0. The van der Waals surface area contributed by atoms with Crippen LogP contribution in [-0.2, 0) is 0 Å². The molecule has 1 heterocycles. The van der Waals surface area contributed by atoms with Gasteiger partial charge in [-0.1, -0.05) is 12.0 Å². The van der Waals surface area contributed by atoms with Crippen molar-refractivity contribution in [3.8, 4) is 35.0 Å². The van der Waals surface area contributed by atoms with Crippen molar-refractivity contribution < 1.29 is 13.9 Å². The molecule has 0 spiro atoms. The minimum Gasteiger partial charge on any atom is -0.486 e. The van der Waals surface area contributed by atoms with Crippen LogP contribution in [0.4, 0.5) is 4.39 Å². The first-order valence-corrected chi connectivity index (χ1v) is 5.93. The molecular formula is C16H11FO2. The van der Waals surface area contributed by atoms with E-state index in [1.54, 1.807) is 6.07 Å². The van der Waals surface area contributed by atoms with Crippen LogP contribution < -0.4 is 9.47 Å². The number of terminal acetylenes is 1. The molecule has 0 unspecified atom stereocenters. The van der Waals surface area contributed by atoms with Gasteiger partial charge in [0.1, 0.15) is 19.0 Å². The molecule has 1 aliphatic heterocycles. The summed E-state index contributed by atoms with van der Waals surface area (Å²) < 4.78 is 24.5. The van der Waals surface area contributed by atoms with Gasteiger partial charge in [0, 0.05) is 5.56 Å². The van der Waals surface area contributed by atoms with Crippen LogP contribution in [0.1, 0.15) is 5.56 Å². The SMILES string of the molecule is C#Cc1cc(F)cc(-c2ccc3c(c2)OCCO3)c1. The third kappa shape index (κ3) is 2.25. The Morgan fingerprint density at radius 1 is 0.947 bits per heavy atom. The lowest BCUT2D eigenvalue weighted by atomic mass is 10.0. The molecule has 0 bridgehead atoms. The van der Waals surface area contributed by atoms with Gasteiger partial charge in [-0.05, 0) is 41.5 Å². The third-order valence-corrected chi connectivity index (χ3v) is 2.94. The van der Waals surface area contributed by atoms with Crippen LogP contribution >= 0.6 is 0 Å². The van der Waals surface area contributed by atoms with Gasteiger partial charge in [-0.25, -0.2) is 4.39 Å². The molecule has 0 aliphatic carbocycles. The van der Waals surface area contributed by atoms with Crippen LogP contribution in [-0.4, -0.2) is 13.2 Å². The van der Waals surface area contributed by atoms with E-state index in [2.05, 4.69) is 5.92 Å². The monoisotopic (exact) mass is 254 g/mol. The van der Waals surface area contributed by atoms with Crippen LogP contribution in [0.5, 0.6) is 11.5 Å². The molecule has 0 radical (unpaired) electrons. The van der Waals surface area contributed by atoms with Gasteiger partial charge in [-0.2, -0.15) is 0 Å². The van der Waals surface area contributed by atoms with Gasteiger partial charge < -0.3 is 9.47 Å². The van der Waals surface area contributed by atoms with E-state index in [0.717, 1.165) is 11.1 Å². The predicted molar refractivity (Wildman–Crippen MR) is 70.8 cm³/mol. The molecule has 0 saturated carbocycles. The summed E-state index contributed by atoms with van der Waals surface area (Å²) in [4.78, 5) is 0. The Morgan fingerprint density at radius 3 is 2.53 bits per heavy atom. The highest BCUT2D eigenvalue weighted by Crippen LogP contribution is 2.34. The van der Waals surface area contributed by atoms with Crippen molar-refractivity contribution in [2.24, 2.45) is 0 Å². The summed E-state index contributed by atoms with van der Waals surface area (Å²) in [6, 6.07) is 10.1. The lowest BCUT2D eigenvalue weighted by Crippen LogP contribution is -2.15. The number of fused-ring (bicyclic) bond motifs is 1. The Labute approximate surface area is 110 Å². The van der Waals surface area contributed by atoms with E-state index < -0.39 is 0 Å². The largest absolute Gasteiger partial charge is 0.486 e. The lowest BCUT2D eigenvalue weighted by molar-refractivity contribution is 0.171. The Balaban J connectivity index is 2.07. The zero-order chi connectivity index (χ0) is 13.2. The number of benzene rings is 2. The molecule has 1 aliphatic rings. The zero-order valence-corrected chi connectivity index (χ0v) is 10.2. The Bertz CT molecular complexity index is 671. The minimum absolute atomic E-state index is 0.347. The normalized spacial score (nSPS) is 12.8. The summed E-state index contributed by atoms with van der Waals surface area (Å²) in [5.74, 6) is 3.49. The van der Waals surface area contributed by atoms with E-state index in [4.69, 9.17) is 15.9 Å². The Hall–Kier alpha value is -2.47. The first kappa shape index (κ1) is 11.6. The highest BCUT2D eigenvalue weighted by atomic mass is 19.1. The summed E-state index contributed by atoms with van der Waals surface area (Å²) in [7, 11) is 0. The molecule has 0 saturated heterocycles. The van der Waals surface area contributed by atoms with Crippen LogP contribution in [0, 0.1) is 18.2 Å². The number of ether oxygens (including phenoxy) is 2. The zero-order valence-electron chi connectivity index (χ0n) is 10.2. The van der Waals surface area contributed by atoms with E-state index in [9.17, 15) is 4.39 Å². The summed E-state index contributed by atoms with van der Waals surface area (Å²) in [5.41, 5.74) is 2.09. The molecule has 0 atom stereocenters. The topological polar surface area (TPSA) is 18.5 Å². The van der Waals surface area contributed by atoms with E-state index in [1.807, 2.05) is 18.2 Å². The molecule has 0 N–H and O–H groups in total. The van der Waals surface area contributed by atoms with Crippen molar-refractivity contribution >= 4 is 0 Å². The van der Waals surface area contributed by atoms with Gasteiger partial charge in [0.25, 0.3) is 0 Å². The molecule has 0 amide bonds. The van der Waals surface area contributed by atoms with Crippen molar-refractivity contribution in [3.63, 3.8) is 0 Å². The summed E-state index contributed by atoms with van der Waals surface area (Å²) in [6.45, 7) is 1.07. The molecule has 2 aromatic carbocycles. The van der Waals surface area contributed by atoms with Crippen molar-refractivity contribution in [3.05, 3.63) is 47.8 Å². The quantitative estimate of drug-likeness (QED) is 0.727. The average Bonchev–Trinajstić information content (AvgIpc) is 2.46. The van der Waals surface area contributed by atoms with Gasteiger partial charge in [0.2, 0.25) is 0 Å². The van der Waals surface area contributed by atoms with E-state index in [1.165, 1.54) is 12.1 Å². The Kier molecular flexibility index (Phi) is 2.85. The second-order valence-electron chi connectivity index (χ2n) is 4.23. The minimum atomic E-state index is -0.347. The third-order valence-electron chi connectivity index (χ3n) is 2.94. The smallest absolute Gasteiger partial charge is 0.161 e. The molecule has 0 aromatic heterocycles. The van der Waals surface area contributed by atoms with Gasteiger partial charge in [-0.15, -0.1) is 6.42 Å². The maximum Gasteiger partial charge on any atom is 0.161 e. The van der Waals surface area contributed by atoms with Crippen molar-refractivity contribution in [2.45, 2.75) is 0 Å². The van der Waals surface area contributed by atoms with Gasteiger partial charge >= 0.3 is 0 Å². The fraction of sp³-hybridized carbons (Fsp3) is 0.125. The molecule has 2 nitrogen and oxygen atoms in total. The predicted octanol–water partition coefficient (Wildman–Crippen LogP) is 3.25. The number of halogens is 1. The first-order valence-electron chi connectivity index (χ1n) is 5.93. The molecule has 3 heteroatoms. The Morgan fingerprint density at radius 2 is 1.74 bits per heavy atom. The standard InChI is InChI=1S/C16H11FO2/c1-2-11-7-13(9-14(17)8-11)12-3-4-15-16(10-12)19-6-5-18-15/h1,3-4,7-10H,5-6H2. The van der Waals surface area contributed by atoms with Crippen LogP contribution in [0.2, 0.25) is 0 Å². The van der Waals surface area contributed by atoms with Crippen molar-refractivity contribution in [2.75, 3.05) is 13.2 Å². The van der Waals surface area contributed by atoms with E-state index >= 15 is 0 Å². The molecule has 94 valence electrons. The second kappa shape index (κ2) is 4.66. The summed E-state index contributed by atoms with van der Waals surface area (Å²) in [6.07, 6.45) is 5.32. The van der Waals surface area contributed by atoms with E-state index in [-0.39, 0.29) is 5.82 Å². The lowest BCUT2D eigenvalue weighted by Gasteiger charge is -2.19. The number of hydrogen-bond acceptors (Lipinski definition) is 2. The van der Waals surface area contributed by atoms with Crippen LogP contribution in [0.3, 0.4) is 0 Å². The second-order valence-corrected chi connectivity index (χ2v) is 4.23. The average molecular weight is 254 g/mol. The first-order chi connectivity index (χ1) is 9.26. The van der Waals surface area contributed by atoms with Crippen LogP contribution in [0.15, 0.2) is 36.4 Å². The highest BCUT2D eigenvalue weighted by molar-refractivity contribution is 5.69. The van der Waals surface area contributed by atoms with Gasteiger partial charge in [0.05, 0.1) is 0 Å². The highest BCUT2D eigenvalue weighted by Gasteiger charge is 2.12. The van der Waals surface area contributed by atoms with Crippen molar-refractivity contribution in [1.29, 1.82) is 0 Å². The van der Waals surface area contributed by atoms with Crippen LogP contribution in [0.25, 0.3) is 11.1 Å². The maximum absolute atomic E-state index is 13.5. The summed E-state index contributed by atoms with van der Waals surface area (Å²) in [5, 5.41) is 0. The number of hydrogen-bond donors (Lipinski definition) is 0. The maximum atomic E-state index is 13.5. The van der Waals surface area contributed by atoms with E-state index in [0.29, 0.717) is 30.3 Å². The molecule has 2 aromatic rings. The van der Waals surface area contributed by atoms with Gasteiger partial charge in [0.15, 0.2) is 11.5 Å². The molecular weight excluding hydrogens is 243 g/mol.